The van der Waals surface area contributed by atoms with Crippen molar-refractivity contribution in [3.05, 3.63) is 0 Å². The number of rotatable bonds is 5. The van der Waals surface area contributed by atoms with Crippen LogP contribution in [-0.2, 0) is 4.79 Å². The largest absolute Gasteiger partial charge is 0.342 e. The molecule has 0 atom stereocenters. The molecule has 4 nitrogen and oxygen atoms in total. The van der Waals surface area contributed by atoms with Gasteiger partial charge in [0.15, 0.2) is 0 Å². The predicted octanol–water partition coefficient (Wildman–Crippen LogP) is -0.584. The minimum absolute atomic E-state index is 0.205. The van der Waals surface area contributed by atoms with E-state index in [4.69, 9.17) is 0 Å². The van der Waals surface area contributed by atoms with Crippen LogP contribution >= 0.6 is 0 Å². The maximum Gasteiger partial charge on any atom is 0.236 e. The average molecular weight is 185 g/mol. The van der Waals surface area contributed by atoms with Gasteiger partial charge in [-0.3, -0.25) is 4.79 Å². The summed E-state index contributed by atoms with van der Waals surface area (Å²) < 4.78 is 0. The van der Waals surface area contributed by atoms with Crippen LogP contribution in [0.3, 0.4) is 0 Å². The highest BCUT2D eigenvalue weighted by molar-refractivity contribution is 5.78. The van der Waals surface area contributed by atoms with Crippen LogP contribution in [-0.4, -0.2) is 49.6 Å². The lowest BCUT2D eigenvalue weighted by Crippen LogP contribution is -2.57. The summed E-state index contributed by atoms with van der Waals surface area (Å²) in [6.07, 6.45) is 0. The van der Waals surface area contributed by atoms with Gasteiger partial charge in [0.2, 0.25) is 5.91 Å². The first-order valence-corrected chi connectivity index (χ1v) is 4.99. The lowest BCUT2D eigenvalue weighted by atomic mass is 10.2. The lowest BCUT2D eigenvalue weighted by molar-refractivity contribution is -0.130. The normalized spacial score (nSPS) is 16.8. The van der Waals surface area contributed by atoms with E-state index >= 15 is 0 Å². The number of nitrogens with one attached hydrogen (secondary N) is 2. The fourth-order valence-electron chi connectivity index (χ4n) is 1.35. The molecular weight excluding hydrogens is 166 g/mol. The number of hydrogen-bond donors (Lipinski definition) is 2. The minimum atomic E-state index is 0.205. The van der Waals surface area contributed by atoms with Crippen molar-refractivity contribution < 1.29 is 4.79 Å². The number of amides is 1. The van der Waals surface area contributed by atoms with E-state index in [0.29, 0.717) is 12.6 Å². The van der Waals surface area contributed by atoms with Crippen molar-refractivity contribution in [2.45, 2.75) is 19.9 Å². The Hall–Kier alpha value is -0.610. The van der Waals surface area contributed by atoms with Crippen molar-refractivity contribution in [2.75, 3.05) is 32.7 Å². The fraction of sp³-hybridized carbons (Fsp3) is 0.889. The molecule has 0 bridgehead atoms. The molecule has 2 N–H and O–H groups in total. The van der Waals surface area contributed by atoms with Crippen molar-refractivity contribution in [3.8, 4) is 0 Å². The third-order valence-electron chi connectivity index (χ3n) is 2.44. The second kappa shape index (κ2) is 5.19. The fourth-order valence-corrected chi connectivity index (χ4v) is 1.35. The second-order valence-corrected chi connectivity index (χ2v) is 3.30. The second-order valence-electron chi connectivity index (χ2n) is 3.30. The van der Waals surface area contributed by atoms with Crippen LogP contribution < -0.4 is 10.6 Å². The van der Waals surface area contributed by atoms with Crippen molar-refractivity contribution in [1.82, 2.24) is 15.5 Å². The molecule has 0 aliphatic carbocycles. The van der Waals surface area contributed by atoms with E-state index in [9.17, 15) is 4.79 Å². The topological polar surface area (TPSA) is 44.4 Å². The van der Waals surface area contributed by atoms with Gasteiger partial charge in [-0.1, -0.05) is 0 Å². The standard InChI is InChI=1S/C9H19N3O/c1-3-12(4-2)9(13)7-11-8-5-10-6-8/h8,10-11H,3-7H2,1-2H3. The van der Waals surface area contributed by atoms with Crippen LogP contribution in [0.25, 0.3) is 0 Å². The maximum atomic E-state index is 11.5. The van der Waals surface area contributed by atoms with Gasteiger partial charge in [-0.05, 0) is 13.8 Å². The van der Waals surface area contributed by atoms with Gasteiger partial charge in [0.1, 0.15) is 0 Å². The van der Waals surface area contributed by atoms with Gasteiger partial charge in [0.25, 0.3) is 0 Å². The molecule has 4 heteroatoms. The molecule has 0 saturated carbocycles. The first kappa shape index (κ1) is 10.5. The summed E-state index contributed by atoms with van der Waals surface area (Å²) in [5.41, 5.74) is 0. The molecule has 0 unspecified atom stereocenters. The number of nitrogens with zero attached hydrogens (tertiary/aromatic N) is 1. The highest BCUT2D eigenvalue weighted by Crippen LogP contribution is 1.92. The highest BCUT2D eigenvalue weighted by atomic mass is 16.2. The summed E-state index contributed by atoms with van der Waals surface area (Å²) in [5, 5.41) is 6.37. The maximum absolute atomic E-state index is 11.5. The third kappa shape index (κ3) is 2.97. The third-order valence-corrected chi connectivity index (χ3v) is 2.44. The molecule has 1 aliphatic heterocycles. The Morgan fingerprint density at radius 2 is 2.08 bits per heavy atom. The Balaban J connectivity index is 2.14. The van der Waals surface area contributed by atoms with E-state index in [-0.39, 0.29) is 5.91 Å². The minimum Gasteiger partial charge on any atom is -0.342 e. The zero-order valence-corrected chi connectivity index (χ0v) is 8.47. The van der Waals surface area contributed by atoms with E-state index in [1.54, 1.807) is 0 Å². The zero-order chi connectivity index (χ0) is 9.68. The molecule has 0 aromatic heterocycles. The molecule has 76 valence electrons. The summed E-state index contributed by atoms with van der Waals surface area (Å²) in [6.45, 7) is 8.09. The quantitative estimate of drug-likeness (QED) is 0.602. The van der Waals surface area contributed by atoms with E-state index in [1.807, 2.05) is 18.7 Å². The Kier molecular flexibility index (Phi) is 4.18. The first-order chi connectivity index (χ1) is 6.27. The van der Waals surface area contributed by atoms with Gasteiger partial charge in [-0.2, -0.15) is 0 Å². The number of carbonyl (C=O) groups is 1. The average Bonchev–Trinajstić information content (AvgIpc) is 2.04. The molecule has 1 aliphatic rings. The SMILES string of the molecule is CCN(CC)C(=O)CNC1CNC1. The van der Waals surface area contributed by atoms with Crippen LogP contribution in [0, 0.1) is 0 Å². The van der Waals surface area contributed by atoms with Crippen molar-refractivity contribution in [1.29, 1.82) is 0 Å². The van der Waals surface area contributed by atoms with Crippen LogP contribution in [0.2, 0.25) is 0 Å². The van der Waals surface area contributed by atoms with Crippen LogP contribution in [0.15, 0.2) is 0 Å². The van der Waals surface area contributed by atoms with E-state index < -0.39 is 0 Å². The van der Waals surface area contributed by atoms with Gasteiger partial charge in [-0.15, -0.1) is 0 Å². The number of hydrogen-bond acceptors (Lipinski definition) is 3. The zero-order valence-electron chi connectivity index (χ0n) is 8.47. The summed E-state index contributed by atoms with van der Waals surface area (Å²) in [4.78, 5) is 13.3. The van der Waals surface area contributed by atoms with Crippen LogP contribution in [0.5, 0.6) is 0 Å². The smallest absolute Gasteiger partial charge is 0.236 e. The predicted molar refractivity (Wildman–Crippen MR) is 52.6 cm³/mol. The van der Waals surface area contributed by atoms with E-state index in [0.717, 1.165) is 26.2 Å². The molecule has 1 rings (SSSR count). The molecule has 0 aromatic carbocycles. The molecular formula is C9H19N3O. The Bertz CT molecular complexity index is 164. The van der Waals surface area contributed by atoms with Gasteiger partial charge in [0, 0.05) is 32.2 Å². The molecule has 0 radical (unpaired) electrons. The molecule has 1 fully saturated rings. The summed E-state index contributed by atoms with van der Waals surface area (Å²) in [7, 11) is 0. The molecule has 1 saturated heterocycles. The molecule has 0 spiro atoms. The van der Waals surface area contributed by atoms with Gasteiger partial charge >= 0.3 is 0 Å². The number of carbonyl (C=O) groups excluding carboxylic acids is 1. The first-order valence-electron chi connectivity index (χ1n) is 4.99. The molecule has 13 heavy (non-hydrogen) atoms. The van der Waals surface area contributed by atoms with Crippen molar-refractivity contribution >= 4 is 5.91 Å². The Morgan fingerprint density at radius 3 is 2.46 bits per heavy atom. The van der Waals surface area contributed by atoms with Crippen LogP contribution in [0.4, 0.5) is 0 Å². The molecule has 1 heterocycles. The van der Waals surface area contributed by atoms with Crippen molar-refractivity contribution in [2.24, 2.45) is 0 Å². The molecule has 0 aromatic rings. The van der Waals surface area contributed by atoms with E-state index in [2.05, 4.69) is 10.6 Å². The van der Waals surface area contributed by atoms with Gasteiger partial charge in [0.05, 0.1) is 6.54 Å². The number of likely N-dealkylation sites (N-methyl/N-ethyl adjacent to an activating group) is 1. The monoisotopic (exact) mass is 185 g/mol. The van der Waals surface area contributed by atoms with Gasteiger partial charge in [-0.25, -0.2) is 0 Å². The van der Waals surface area contributed by atoms with E-state index in [1.165, 1.54) is 0 Å². The Labute approximate surface area is 79.7 Å². The summed E-state index contributed by atoms with van der Waals surface area (Å²) in [6, 6.07) is 0.500. The lowest BCUT2D eigenvalue weighted by Gasteiger charge is -2.29. The Morgan fingerprint density at radius 1 is 1.46 bits per heavy atom. The highest BCUT2D eigenvalue weighted by Gasteiger charge is 2.17. The van der Waals surface area contributed by atoms with Crippen molar-refractivity contribution in [3.63, 3.8) is 0 Å². The van der Waals surface area contributed by atoms with Crippen LogP contribution in [0.1, 0.15) is 13.8 Å². The summed E-state index contributed by atoms with van der Waals surface area (Å²) in [5.74, 6) is 0.205. The summed E-state index contributed by atoms with van der Waals surface area (Å²) >= 11 is 0. The molecule has 1 amide bonds. The van der Waals surface area contributed by atoms with Gasteiger partial charge < -0.3 is 15.5 Å².